The van der Waals surface area contributed by atoms with Crippen LogP contribution < -0.4 is 5.32 Å². The molecule has 0 saturated carbocycles. The van der Waals surface area contributed by atoms with E-state index >= 15 is 0 Å². The molecule has 0 spiro atoms. The van der Waals surface area contributed by atoms with Crippen LogP contribution in [0.25, 0.3) is 0 Å². The number of aliphatic hydroxyl groups excluding tert-OH is 1. The van der Waals surface area contributed by atoms with Gasteiger partial charge >= 0.3 is 0 Å². The molecule has 18 heavy (non-hydrogen) atoms. The van der Waals surface area contributed by atoms with Gasteiger partial charge in [0.1, 0.15) is 11.9 Å². The van der Waals surface area contributed by atoms with Crippen LogP contribution in [-0.2, 0) is 6.54 Å². The SMILES string of the molecule is Cc1cccc(C)c1CNCC(O)c1ccco1. The molecule has 1 aromatic carbocycles. The molecule has 0 aliphatic heterocycles. The first-order chi connectivity index (χ1) is 8.68. The van der Waals surface area contributed by atoms with E-state index in [-0.39, 0.29) is 0 Å². The summed E-state index contributed by atoms with van der Waals surface area (Å²) in [4.78, 5) is 0. The Hall–Kier alpha value is -1.58. The van der Waals surface area contributed by atoms with Crippen molar-refractivity contribution in [3.8, 4) is 0 Å². The zero-order chi connectivity index (χ0) is 13.0. The Morgan fingerprint density at radius 3 is 2.50 bits per heavy atom. The van der Waals surface area contributed by atoms with Gasteiger partial charge in [0.05, 0.1) is 6.26 Å². The lowest BCUT2D eigenvalue weighted by atomic mass is 10.0. The van der Waals surface area contributed by atoms with Gasteiger partial charge in [-0.1, -0.05) is 18.2 Å². The largest absolute Gasteiger partial charge is 0.467 e. The predicted octanol–water partition coefficient (Wildman–Crippen LogP) is 2.72. The van der Waals surface area contributed by atoms with Crippen molar-refractivity contribution in [1.82, 2.24) is 5.32 Å². The number of aryl methyl sites for hydroxylation is 2. The fourth-order valence-electron chi connectivity index (χ4n) is 2.04. The van der Waals surface area contributed by atoms with E-state index in [2.05, 4.69) is 37.4 Å². The molecule has 3 nitrogen and oxygen atoms in total. The minimum atomic E-state index is -0.593. The lowest BCUT2D eigenvalue weighted by molar-refractivity contribution is 0.147. The van der Waals surface area contributed by atoms with Crippen LogP contribution in [0.4, 0.5) is 0 Å². The van der Waals surface area contributed by atoms with Crippen molar-refractivity contribution < 1.29 is 9.52 Å². The summed E-state index contributed by atoms with van der Waals surface area (Å²) in [6.45, 7) is 5.46. The van der Waals surface area contributed by atoms with Gasteiger partial charge in [-0.2, -0.15) is 0 Å². The average Bonchev–Trinajstić information content (AvgIpc) is 2.86. The van der Waals surface area contributed by atoms with Gasteiger partial charge < -0.3 is 14.8 Å². The summed E-state index contributed by atoms with van der Waals surface area (Å²) in [5, 5.41) is 13.1. The van der Waals surface area contributed by atoms with Crippen LogP contribution in [0, 0.1) is 13.8 Å². The van der Waals surface area contributed by atoms with Crippen LogP contribution in [0.15, 0.2) is 41.0 Å². The molecule has 0 bridgehead atoms. The van der Waals surface area contributed by atoms with Crippen LogP contribution >= 0.6 is 0 Å². The van der Waals surface area contributed by atoms with Gasteiger partial charge in [0.15, 0.2) is 0 Å². The van der Waals surface area contributed by atoms with Crippen molar-refractivity contribution in [1.29, 1.82) is 0 Å². The molecule has 2 rings (SSSR count). The Bertz CT molecular complexity index is 471. The second-order valence-corrected chi connectivity index (χ2v) is 4.53. The van der Waals surface area contributed by atoms with E-state index in [0.717, 1.165) is 6.54 Å². The van der Waals surface area contributed by atoms with E-state index in [1.165, 1.54) is 16.7 Å². The fraction of sp³-hybridized carbons (Fsp3) is 0.333. The highest BCUT2D eigenvalue weighted by atomic mass is 16.4. The van der Waals surface area contributed by atoms with Crippen LogP contribution in [0.5, 0.6) is 0 Å². The minimum absolute atomic E-state index is 0.487. The number of hydrogen-bond donors (Lipinski definition) is 2. The van der Waals surface area contributed by atoms with Gasteiger partial charge in [-0.25, -0.2) is 0 Å². The van der Waals surface area contributed by atoms with E-state index in [9.17, 15) is 5.11 Å². The zero-order valence-corrected chi connectivity index (χ0v) is 10.8. The lowest BCUT2D eigenvalue weighted by Gasteiger charge is -2.13. The van der Waals surface area contributed by atoms with Gasteiger partial charge in [0.25, 0.3) is 0 Å². The maximum atomic E-state index is 9.87. The summed E-state index contributed by atoms with van der Waals surface area (Å²) in [5.74, 6) is 0.601. The standard InChI is InChI=1S/C15H19NO2/c1-11-5-3-6-12(2)13(11)9-16-10-14(17)15-7-4-8-18-15/h3-8,14,16-17H,9-10H2,1-2H3. The van der Waals surface area contributed by atoms with Gasteiger partial charge in [-0.05, 0) is 42.7 Å². The Balaban J connectivity index is 1.89. The van der Waals surface area contributed by atoms with Gasteiger partial charge in [0, 0.05) is 13.1 Å². The second-order valence-electron chi connectivity index (χ2n) is 4.53. The number of nitrogens with one attached hydrogen (secondary N) is 1. The third kappa shape index (κ3) is 3.00. The molecule has 1 atom stereocenters. The molecule has 0 fully saturated rings. The first-order valence-corrected chi connectivity index (χ1v) is 6.15. The van der Waals surface area contributed by atoms with E-state index in [1.807, 2.05) is 0 Å². The molecule has 2 aromatic rings. The molecular weight excluding hydrogens is 226 g/mol. The average molecular weight is 245 g/mol. The van der Waals surface area contributed by atoms with Crippen LogP contribution in [0.3, 0.4) is 0 Å². The molecule has 2 N–H and O–H groups in total. The molecule has 0 amide bonds. The van der Waals surface area contributed by atoms with Crippen molar-refractivity contribution in [2.75, 3.05) is 6.54 Å². The van der Waals surface area contributed by atoms with Gasteiger partial charge in [-0.15, -0.1) is 0 Å². The maximum absolute atomic E-state index is 9.87. The van der Waals surface area contributed by atoms with Crippen molar-refractivity contribution in [2.45, 2.75) is 26.5 Å². The molecule has 0 aliphatic carbocycles. The molecule has 0 radical (unpaired) electrons. The Morgan fingerprint density at radius 2 is 1.89 bits per heavy atom. The van der Waals surface area contributed by atoms with Crippen molar-refractivity contribution in [2.24, 2.45) is 0 Å². The van der Waals surface area contributed by atoms with Crippen LogP contribution in [-0.4, -0.2) is 11.7 Å². The molecule has 96 valence electrons. The highest BCUT2D eigenvalue weighted by molar-refractivity contribution is 5.33. The van der Waals surface area contributed by atoms with Gasteiger partial charge in [0.2, 0.25) is 0 Å². The number of rotatable bonds is 5. The number of benzene rings is 1. The molecule has 0 saturated heterocycles. The van der Waals surface area contributed by atoms with E-state index in [0.29, 0.717) is 12.3 Å². The second kappa shape index (κ2) is 5.85. The summed E-state index contributed by atoms with van der Waals surface area (Å²) < 4.78 is 5.16. The van der Waals surface area contributed by atoms with Crippen molar-refractivity contribution in [3.63, 3.8) is 0 Å². The smallest absolute Gasteiger partial charge is 0.133 e. The van der Waals surface area contributed by atoms with E-state index in [1.54, 1.807) is 18.4 Å². The summed E-state index contributed by atoms with van der Waals surface area (Å²) in [6.07, 6.45) is 0.980. The minimum Gasteiger partial charge on any atom is -0.467 e. The summed E-state index contributed by atoms with van der Waals surface area (Å²) in [7, 11) is 0. The predicted molar refractivity (Wildman–Crippen MR) is 71.3 cm³/mol. The maximum Gasteiger partial charge on any atom is 0.133 e. The highest BCUT2D eigenvalue weighted by Crippen LogP contribution is 2.14. The third-order valence-electron chi connectivity index (χ3n) is 3.16. The Kier molecular flexibility index (Phi) is 4.18. The first-order valence-electron chi connectivity index (χ1n) is 6.15. The van der Waals surface area contributed by atoms with E-state index in [4.69, 9.17) is 4.42 Å². The van der Waals surface area contributed by atoms with Crippen LogP contribution in [0.2, 0.25) is 0 Å². The van der Waals surface area contributed by atoms with Crippen molar-refractivity contribution in [3.05, 3.63) is 59.0 Å². The lowest BCUT2D eigenvalue weighted by Crippen LogP contribution is -2.21. The number of hydrogen-bond acceptors (Lipinski definition) is 3. The summed E-state index contributed by atoms with van der Waals surface area (Å²) in [6, 6.07) is 9.83. The fourth-order valence-corrected chi connectivity index (χ4v) is 2.04. The number of furan rings is 1. The number of aliphatic hydroxyl groups is 1. The summed E-state index contributed by atoms with van der Waals surface area (Å²) in [5.41, 5.74) is 3.84. The summed E-state index contributed by atoms with van der Waals surface area (Å²) >= 11 is 0. The van der Waals surface area contributed by atoms with E-state index < -0.39 is 6.10 Å². The van der Waals surface area contributed by atoms with Crippen LogP contribution in [0.1, 0.15) is 28.6 Å². The third-order valence-corrected chi connectivity index (χ3v) is 3.16. The highest BCUT2D eigenvalue weighted by Gasteiger charge is 2.10. The molecule has 1 heterocycles. The monoisotopic (exact) mass is 245 g/mol. The Labute approximate surface area is 107 Å². The normalized spacial score (nSPS) is 12.6. The quantitative estimate of drug-likeness (QED) is 0.851. The Morgan fingerprint density at radius 1 is 1.17 bits per heavy atom. The molecular formula is C15H19NO2. The first kappa shape index (κ1) is 12.9. The molecule has 3 heteroatoms. The molecule has 0 aliphatic rings. The topological polar surface area (TPSA) is 45.4 Å². The molecule has 1 aromatic heterocycles. The molecule has 1 unspecified atom stereocenters. The zero-order valence-electron chi connectivity index (χ0n) is 10.8. The van der Waals surface area contributed by atoms with Crippen molar-refractivity contribution >= 4 is 0 Å². The van der Waals surface area contributed by atoms with Gasteiger partial charge in [-0.3, -0.25) is 0 Å².